The number of aliphatic carboxylic acids is 1. The van der Waals surface area contributed by atoms with Gasteiger partial charge in [-0.15, -0.1) is 0 Å². The molecule has 0 fully saturated rings. The van der Waals surface area contributed by atoms with Gasteiger partial charge >= 0.3 is 5.97 Å². The highest BCUT2D eigenvalue weighted by Crippen LogP contribution is 2.19. The second-order valence-corrected chi connectivity index (χ2v) is 4.60. The molecule has 0 saturated heterocycles. The summed E-state index contributed by atoms with van der Waals surface area (Å²) in [7, 11) is 0. The first kappa shape index (κ1) is 14.2. The van der Waals surface area contributed by atoms with E-state index >= 15 is 0 Å². The summed E-state index contributed by atoms with van der Waals surface area (Å²) < 4.78 is 1.89. The lowest BCUT2D eigenvalue weighted by molar-refractivity contribution is -0.138. The Labute approximate surface area is 117 Å². The summed E-state index contributed by atoms with van der Waals surface area (Å²) in [4.78, 5) is 23.9. The molecule has 0 radical (unpaired) electrons. The molecule has 0 aliphatic carbocycles. The second-order valence-electron chi connectivity index (χ2n) is 4.60. The summed E-state index contributed by atoms with van der Waals surface area (Å²) in [6.45, 7) is 4.79. The molecule has 2 heterocycles. The summed E-state index contributed by atoms with van der Waals surface area (Å²) in [6.07, 6.45) is 5.48. The molecule has 7 nitrogen and oxygen atoms in total. The summed E-state index contributed by atoms with van der Waals surface area (Å²) in [5.74, 6) is -0.397. The van der Waals surface area contributed by atoms with Crippen LogP contribution in [-0.4, -0.2) is 36.6 Å². The van der Waals surface area contributed by atoms with E-state index in [9.17, 15) is 9.90 Å². The molecule has 1 unspecified atom stereocenters. The number of hydrogen-bond donors (Lipinski definition) is 2. The molecule has 108 valence electrons. The van der Waals surface area contributed by atoms with Crippen LogP contribution < -0.4 is 5.32 Å². The Morgan fingerprint density at radius 2 is 2.20 bits per heavy atom. The molecule has 0 saturated carbocycles. The molecule has 0 aliphatic rings. The van der Waals surface area contributed by atoms with Crippen molar-refractivity contribution in [2.45, 2.75) is 45.7 Å². The van der Waals surface area contributed by atoms with Crippen LogP contribution in [-0.2, 0) is 11.3 Å². The van der Waals surface area contributed by atoms with E-state index in [4.69, 9.17) is 0 Å². The van der Waals surface area contributed by atoms with Gasteiger partial charge in [0.15, 0.2) is 11.5 Å². The average molecular weight is 277 g/mol. The number of hydrogen-bond acceptors (Lipinski definition) is 5. The SMILES string of the molecule is CCCCC(Nc1ncnc2c1ncn2CC)C(=O)O. The minimum atomic E-state index is -0.875. The Balaban J connectivity index is 2.27. The number of fused-ring (bicyclic) bond motifs is 1. The lowest BCUT2D eigenvalue weighted by Gasteiger charge is -2.14. The van der Waals surface area contributed by atoms with E-state index in [-0.39, 0.29) is 0 Å². The van der Waals surface area contributed by atoms with Crippen LogP contribution in [0.2, 0.25) is 0 Å². The zero-order chi connectivity index (χ0) is 14.5. The Bertz CT molecular complexity index is 595. The third-order valence-corrected chi connectivity index (χ3v) is 3.20. The maximum absolute atomic E-state index is 11.3. The van der Waals surface area contributed by atoms with E-state index < -0.39 is 12.0 Å². The number of carboxylic acids is 1. The van der Waals surface area contributed by atoms with Crippen molar-refractivity contribution in [3.05, 3.63) is 12.7 Å². The average Bonchev–Trinajstić information content (AvgIpc) is 2.87. The Hall–Kier alpha value is -2.18. The number of aromatic nitrogens is 4. The predicted octanol–water partition coefficient (Wildman–Crippen LogP) is 1.90. The van der Waals surface area contributed by atoms with Gasteiger partial charge in [-0.1, -0.05) is 19.8 Å². The van der Waals surface area contributed by atoms with Crippen LogP contribution in [0.25, 0.3) is 11.2 Å². The Morgan fingerprint density at radius 1 is 1.40 bits per heavy atom. The van der Waals surface area contributed by atoms with Crippen LogP contribution >= 0.6 is 0 Å². The van der Waals surface area contributed by atoms with Crippen molar-refractivity contribution >= 4 is 23.0 Å². The number of nitrogens with zero attached hydrogens (tertiary/aromatic N) is 4. The van der Waals surface area contributed by atoms with Crippen LogP contribution in [0.4, 0.5) is 5.82 Å². The standard InChI is InChI=1S/C13H19N5O2/c1-3-5-6-9(13(19)20)17-11-10-12(15-7-14-11)18(4-2)8-16-10/h7-9H,3-6H2,1-2H3,(H,19,20)(H,14,15,17). The maximum atomic E-state index is 11.3. The zero-order valence-electron chi connectivity index (χ0n) is 11.7. The van der Waals surface area contributed by atoms with Gasteiger partial charge in [0.05, 0.1) is 6.33 Å². The van der Waals surface area contributed by atoms with E-state index in [2.05, 4.69) is 20.3 Å². The van der Waals surface area contributed by atoms with Gasteiger partial charge in [-0.3, -0.25) is 0 Å². The summed E-state index contributed by atoms with van der Waals surface area (Å²) >= 11 is 0. The van der Waals surface area contributed by atoms with Gasteiger partial charge in [0.25, 0.3) is 0 Å². The monoisotopic (exact) mass is 277 g/mol. The van der Waals surface area contributed by atoms with Crippen LogP contribution in [0.5, 0.6) is 0 Å². The molecule has 20 heavy (non-hydrogen) atoms. The molecule has 2 N–H and O–H groups in total. The number of rotatable bonds is 7. The summed E-state index contributed by atoms with van der Waals surface area (Å²) in [5.41, 5.74) is 1.32. The molecule has 0 spiro atoms. The summed E-state index contributed by atoms with van der Waals surface area (Å²) in [6, 6.07) is -0.653. The number of nitrogens with one attached hydrogen (secondary N) is 1. The first-order valence-electron chi connectivity index (χ1n) is 6.82. The second kappa shape index (κ2) is 6.31. The smallest absolute Gasteiger partial charge is 0.326 e. The van der Waals surface area contributed by atoms with Crippen molar-refractivity contribution in [3.63, 3.8) is 0 Å². The van der Waals surface area contributed by atoms with Gasteiger partial charge < -0.3 is 15.0 Å². The van der Waals surface area contributed by atoms with Crippen molar-refractivity contribution in [3.8, 4) is 0 Å². The fourth-order valence-corrected chi connectivity index (χ4v) is 2.05. The minimum absolute atomic E-state index is 0.478. The third-order valence-electron chi connectivity index (χ3n) is 3.20. The molecule has 0 aromatic carbocycles. The molecule has 2 aromatic rings. The van der Waals surface area contributed by atoms with E-state index in [1.165, 1.54) is 6.33 Å². The number of aryl methyl sites for hydroxylation is 1. The number of anilines is 1. The van der Waals surface area contributed by atoms with Gasteiger partial charge in [0.2, 0.25) is 0 Å². The van der Waals surface area contributed by atoms with Crippen molar-refractivity contribution in [1.82, 2.24) is 19.5 Å². The van der Waals surface area contributed by atoms with Crippen molar-refractivity contribution < 1.29 is 9.90 Å². The first-order valence-corrected chi connectivity index (χ1v) is 6.82. The molecular weight excluding hydrogens is 258 g/mol. The van der Waals surface area contributed by atoms with Crippen molar-refractivity contribution in [2.24, 2.45) is 0 Å². The van der Waals surface area contributed by atoms with E-state index in [0.29, 0.717) is 23.4 Å². The molecule has 0 amide bonds. The zero-order valence-corrected chi connectivity index (χ0v) is 11.7. The first-order chi connectivity index (χ1) is 9.67. The van der Waals surface area contributed by atoms with Gasteiger partial charge in [0.1, 0.15) is 17.9 Å². The molecule has 0 aliphatic heterocycles. The Kier molecular flexibility index (Phi) is 4.49. The minimum Gasteiger partial charge on any atom is -0.480 e. The van der Waals surface area contributed by atoms with Crippen LogP contribution in [0.1, 0.15) is 33.1 Å². The van der Waals surface area contributed by atoms with E-state index in [0.717, 1.165) is 19.4 Å². The van der Waals surface area contributed by atoms with Gasteiger partial charge in [-0.05, 0) is 13.3 Å². The predicted molar refractivity (Wildman–Crippen MR) is 75.6 cm³/mol. The van der Waals surface area contributed by atoms with Gasteiger partial charge in [0, 0.05) is 6.54 Å². The van der Waals surface area contributed by atoms with E-state index in [1.807, 2.05) is 18.4 Å². The molecule has 1 atom stereocenters. The normalized spacial score (nSPS) is 12.5. The van der Waals surface area contributed by atoms with Crippen molar-refractivity contribution in [1.29, 1.82) is 0 Å². The molecule has 2 rings (SSSR count). The molecule has 7 heteroatoms. The van der Waals surface area contributed by atoms with E-state index in [1.54, 1.807) is 6.33 Å². The number of carbonyl (C=O) groups is 1. The quantitative estimate of drug-likeness (QED) is 0.803. The molecule has 2 aromatic heterocycles. The number of unbranched alkanes of at least 4 members (excludes halogenated alkanes) is 1. The molecule has 0 bridgehead atoms. The third kappa shape index (κ3) is 2.87. The highest BCUT2D eigenvalue weighted by Gasteiger charge is 2.19. The van der Waals surface area contributed by atoms with Crippen molar-refractivity contribution in [2.75, 3.05) is 5.32 Å². The summed E-state index contributed by atoms with van der Waals surface area (Å²) in [5, 5.41) is 12.2. The topological polar surface area (TPSA) is 92.9 Å². The van der Waals surface area contributed by atoms with Crippen LogP contribution in [0, 0.1) is 0 Å². The highest BCUT2D eigenvalue weighted by molar-refractivity contribution is 5.86. The number of imidazole rings is 1. The highest BCUT2D eigenvalue weighted by atomic mass is 16.4. The lowest BCUT2D eigenvalue weighted by Crippen LogP contribution is -2.29. The maximum Gasteiger partial charge on any atom is 0.326 e. The lowest BCUT2D eigenvalue weighted by atomic mass is 10.1. The van der Waals surface area contributed by atoms with Crippen LogP contribution in [0.15, 0.2) is 12.7 Å². The Morgan fingerprint density at radius 3 is 2.85 bits per heavy atom. The van der Waals surface area contributed by atoms with Gasteiger partial charge in [-0.2, -0.15) is 0 Å². The van der Waals surface area contributed by atoms with Crippen LogP contribution in [0.3, 0.4) is 0 Å². The molecular formula is C13H19N5O2. The fourth-order valence-electron chi connectivity index (χ4n) is 2.05. The fraction of sp³-hybridized carbons (Fsp3) is 0.538. The largest absolute Gasteiger partial charge is 0.480 e. The van der Waals surface area contributed by atoms with Gasteiger partial charge in [-0.25, -0.2) is 19.7 Å². The number of carboxylic acid groups (broad SMARTS) is 1.